The van der Waals surface area contributed by atoms with Gasteiger partial charge in [-0.05, 0) is 57.2 Å². The van der Waals surface area contributed by atoms with Crippen LogP contribution in [-0.2, 0) is 4.74 Å². The zero-order valence-corrected chi connectivity index (χ0v) is 11.4. The molecule has 100 valence electrons. The lowest BCUT2D eigenvalue weighted by Crippen LogP contribution is -2.44. The van der Waals surface area contributed by atoms with Gasteiger partial charge in [0.15, 0.2) is 0 Å². The monoisotopic (exact) mass is 251 g/mol. The third kappa shape index (κ3) is 2.43. The number of hydrogen-bond donors (Lipinski definition) is 1. The van der Waals surface area contributed by atoms with Crippen LogP contribution in [0.3, 0.4) is 0 Å². The number of rotatable bonds is 2. The van der Waals surface area contributed by atoms with Gasteiger partial charge in [-0.2, -0.15) is 0 Å². The second kappa shape index (κ2) is 4.98. The lowest BCUT2D eigenvalue weighted by atomic mass is 9.82. The van der Waals surface area contributed by atoms with Crippen molar-refractivity contribution in [2.75, 3.05) is 6.61 Å². The van der Waals surface area contributed by atoms with Crippen LogP contribution < -0.4 is 5.73 Å². The largest absolute Gasteiger partial charge is 0.373 e. The van der Waals surface area contributed by atoms with E-state index in [1.165, 1.54) is 0 Å². The highest BCUT2D eigenvalue weighted by Crippen LogP contribution is 2.37. The number of ether oxygens (including phenoxy) is 1. The van der Waals surface area contributed by atoms with Gasteiger partial charge in [-0.25, -0.2) is 4.39 Å². The highest BCUT2D eigenvalue weighted by atomic mass is 19.1. The molecule has 2 unspecified atom stereocenters. The minimum atomic E-state index is -0.445. The zero-order valence-electron chi connectivity index (χ0n) is 11.4. The average Bonchev–Trinajstić information content (AvgIpc) is 2.28. The molecule has 1 aliphatic rings. The predicted octanol–water partition coefficient (Wildman–Crippen LogP) is 3.40. The van der Waals surface area contributed by atoms with E-state index >= 15 is 0 Å². The fourth-order valence-corrected chi connectivity index (χ4v) is 2.83. The molecule has 1 aromatic carbocycles. The van der Waals surface area contributed by atoms with Gasteiger partial charge in [0.2, 0.25) is 0 Å². The summed E-state index contributed by atoms with van der Waals surface area (Å²) in [5.41, 5.74) is 8.29. The Labute approximate surface area is 108 Å². The van der Waals surface area contributed by atoms with E-state index in [9.17, 15) is 4.39 Å². The smallest absolute Gasteiger partial charge is 0.128 e. The Balaban J connectivity index is 2.36. The second-order valence-corrected chi connectivity index (χ2v) is 5.57. The molecule has 2 nitrogen and oxygen atoms in total. The molecule has 0 aliphatic carbocycles. The van der Waals surface area contributed by atoms with Crippen LogP contribution in [0.25, 0.3) is 0 Å². The standard InChI is InChI=1S/C15H22FNO/c1-10-8-11(2)13(12(16)9-10)14(17)15(3)6-4-5-7-18-15/h8-9,14H,4-7,17H2,1-3H3. The van der Waals surface area contributed by atoms with Crippen LogP contribution in [0.1, 0.15) is 48.9 Å². The van der Waals surface area contributed by atoms with E-state index in [-0.39, 0.29) is 5.82 Å². The fraction of sp³-hybridized carbons (Fsp3) is 0.600. The van der Waals surface area contributed by atoms with Crippen LogP contribution in [0.5, 0.6) is 0 Å². The molecule has 0 amide bonds. The van der Waals surface area contributed by atoms with Crippen molar-refractivity contribution in [2.45, 2.75) is 51.7 Å². The Hall–Kier alpha value is -0.930. The van der Waals surface area contributed by atoms with Crippen molar-refractivity contribution in [3.63, 3.8) is 0 Å². The maximum absolute atomic E-state index is 14.2. The SMILES string of the molecule is Cc1cc(C)c(C(N)C2(C)CCCCO2)c(F)c1. The Bertz CT molecular complexity index is 415. The van der Waals surface area contributed by atoms with Crippen molar-refractivity contribution < 1.29 is 9.13 Å². The van der Waals surface area contributed by atoms with Crippen LogP contribution in [-0.4, -0.2) is 12.2 Å². The first-order valence-electron chi connectivity index (χ1n) is 6.60. The van der Waals surface area contributed by atoms with Crippen LogP contribution >= 0.6 is 0 Å². The minimum Gasteiger partial charge on any atom is -0.373 e. The summed E-state index contributed by atoms with van der Waals surface area (Å²) in [5, 5.41) is 0. The average molecular weight is 251 g/mol. The maximum Gasteiger partial charge on any atom is 0.128 e. The van der Waals surface area contributed by atoms with Crippen molar-refractivity contribution in [3.05, 3.63) is 34.6 Å². The van der Waals surface area contributed by atoms with Crippen molar-refractivity contribution >= 4 is 0 Å². The van der Waals surface area contributed by atoms with E-state index < -0.39 is 11.6 Å². The Morgan fingerprint density at radius 2 is 2.06 bits per heavy atom. The summed E-state index contributed by atoms with van der Waals surface area (Å²) in [6.07, 6.45) is 3.05. The zero-order chi connectivity index (χ0) is 13.3. The predicted molar refractivity (Wildman–Crippen MR) is 71.0 cm³/mol. The molecule has 1 heterocycles. The topological polar surface area (TPSA) is 35.2 Å². The minimum absolute atomic E-state index is 0.213. The lowest BCUT2D eigenvalue weighted by molar-refractivity contribution is -0.0827. The van der Waals surface area contributed by atoms with Crippen LogP contribution in [0.2, 0.25) is 0 Å². The molecule has 18 heavy (non-hydrogen) atoms. The lowest BCUT2D eigenvalue weighted by Gasteiger charge is -2.39. The van der Waals surface area contributed by atoms with E-state index in [0.29, 0.717) is 5.56 Å². The van der Waals surface area contributed by atoms with E-state index in [1.807, 2.05) is 26.8 Å². The van der Waals surface area contributed by atoms with Crippen molar-refractivity contribution in [1.82, 2.24) is 0 Å². The normalized spacial score (nSPS) is 26.1. The molecule has 1 aromatic rings. The quantitative estimate of drug-likeness (QED) is 0.874. The van der Waals surface area contributed by atoms with E-state index in [1.54, 1.807) is 6.07 Å². The van der Waals surface area contributed by atoms with Crippen LogP contribution in [0.4, 0.5) is 4.39 Å². The van der Waals surface area contributed by atoms with Gasteiger partial charge >= 0.3 is 0 Å². The van der Waals surface area contributed by atoms with Gasteiger partial charge in [-0.15, -0.1) is 0 Å². The molecule has 1 fully saturated rings. The van der Waals surface area contributed by atoms with E-state index in [4.69, 9.17) is 10.5 Å². The highest BCUT2D eigenvalue weighted by Gasteiger charge is 2.37. The molecule has 1 saturated heterocycles. The van der Waals surface area contributed by atoms with E-state index in [0.717, 1.165) is 37.0 Å². The van der Waals surface area contributed by atoms with Gasteiger partial charge in [0, 0.05) is 12.2 Å². The van der Waals surface area contributed by atoms with Crippen molar-refractivity contribution in [3.8, 4) is 0 Å². The summed E-state index contributed by atoms with van der Waals surface area (Å²) >= 11 is 0. The van der Waals surface area contributed by atoms with Gasteiger partial charge < -0.3 is 10.5 Å². The molecule has 0 bridgehead atoms. The fourth-order valence-electron chi connectivity index (χ4n) is 2.83. The van der Waals surface area contributed by atoms with Crippen molar-refractivity contribution in [1.29, 1.82) is 0 Å². The van der Waals surface area contributed by atoms with Crippen LogP contribution in [0, 0.1) is 19.7 Å². The molecule has 2 N–H and O–H groups in total. The first kappa shape index (κ1) is 13.5. The molecular weight excluding hydrogens is 229 g/mol. The molecule has 0 spiro atoms. The van der Waals surface area contributed by atoms with Gasteiger partial charge in [-0.3, -0.25) is 0 Å². The van der Waals surface area contributed by atoms with E-state index in [2.05, 4.69) is 0 Å². The molecule has 3 heteroatoms. The molecular formula is C15H22FNO. The van der Waals surface area contributed by atoms with Gasteiger partial charge in [0.05, 0.1) is 11.6 Å². The summed E-state index contributed by atoms with van der Waals surface area (Å²) in [6, 6.07) is 3.12. The Kier molecular flexibility index (Phi) is 3.74. The number of aryl methyl sites for hydroxylation is 2. The number of benzene rings is 1. The summed E-state index contributed by atoms with van der Waals surface area (Å²) in [7, 11) is 0. The third-order valence-electron chi connectivity index (χ3n) is 3.95. The number of nitrogens with two attached hydrogens (primary N) is 1. The van der Waals surface area contributed by atoms with Gasteiger partial charge in [0.25, 0.3) is 0 Å². The Morgan fingerprint density at radius 3 is 2.61 bits per heavy atom. The second-order valence-electron chi connectivity index (χ2n) is 5.57. The van der Waals surface area contributed by atoms with Crippen LogP contribution in [0.15, 0.2) is 12.1 Å². The highest BCUT2D eigenvalue weighted by molar-refractivity contribution is 5.35. The number of halogens is 1. The molecule has 0 saturated carbocycles. The summed E-state index contributed by atoms with van der Waals surface area (Å²) in [6.45, 7) is 6.52. The summed E-state index contributed by atoms with van der Waals surface area (Å²) < 4.78 is 20.0. The first-order valence-corrected chi connectivity index (χ1v) is 6.60. The summed E-state index contributed by atoms with van der Waals surface area (Å²) in [5.74, 6) is -0.213. The first-order chi connectivity index (χ1) is 8.44. The van der Waals surface area contributed by atoms with Crippen molar-refractivity contribution in [2.24, 2.45) is 5.73 Å². The van der Waals surface area contributed by atoms with Gasteiger partial charge in [-0.1, -0.05) is 6.07 Å². The maximum atomic E-state index is 14.2. The molecule has 2 atom stereocenters. The third-order valence-corrected chi connectivity index (χ3v) is 3.95. The summed E-state index contributed by atoms with van der Waals surface area (Å²) in [4.78, 5) is 0. The molecule has 1 aliphatic heterocycles. The number of hydrogen-bond acceptors (Lipinski definition) is 2. The molecule has 0 aromatic heterocycles. The Morgan fingerprint density at radius 1 is 1.33 bits per heavy atom. The van der Waals surface area contributed by atoms with Gasteiger partial charge in [0.1, 0.15) is 5.82 Å². The molecule has 0 radical (unpaired) electrons. The molecule has 2 rings (SSSR count).